The van der Waals surface area contributed by atoms with Crippen LogP contribution in [0, 0.1) is 0 Å². The molecule has 0 fully saturated rings. The maximum Gasteiger partial charge on any atom is 0.393 e. The Morgan fingerprint density at radius 3 is 2.38 bits per heavy atom. The Morgan fingerprint density at radius 1 is 0.923 bits per heavy atom. The number of halogens is 3. The second-order valence-electron chi connectivity index (χ2n) is 9.18. The summed E-state index contributed by atoms with van der Waals surface area (Å²) in [5, 5.41) is 3.46. The van der Waals surface area contributed by atoms with Crippen LogP contribution in [0.5, 0.6) is 5.75 Å². The highest BCUT2D eigenvalue weighted by molar-refractivity contribution is 6.00. The number of allylic oxidation sites excluding steroid dienone is 2. The average molecular weight is 533 g/mol. The van der Waals surface area contributed by atoms with Crippen LogP contribution in [-0.2, 0) is 4.79 Å². The molecule has 4 rings (SSSR count). The van der Waals surface area contributed by atoms with E-state index >= 15 is 0 Å². The fraction of sp³-hybridized carbons (Fsp3) is 0.219. The van der Waals surface area contributed by atoms with E-state index in [-0.39, 0.29) is 11.5 Å². The first-order chi connectivity index (χ1) is 18.8. The minimum absolute atomic E-state index is 0.126. The number of rotatable bonds is 11. The molecule has 3 aromatic carbocycles. The topological polar surface area (TPSA) is 54.1 Å². The maximum atomic E-state index is 13.9. The van der Waals surface area contributed by atoms with E-state index < -0.39 is 12.6 Å². The van der Waals surface area contributed by atoms with Crippen LogP contribution < -0.4 is 10.1 Å². The van der Waals surface area contributed by atoms with E-state index in [1.165, 1.54) is 6.08 Å². The SMILES string of the molecule is CNC(=O)/C=C/CCCCOc1ccc(/C(=C(/CC(F)(F)F)c2ccccc2)c2ccc3[nH]ccc3c2)cc1. The number of fused-ring (bicyclic) bond motifs is 1. The molecular weight excluding hydrogens is 501 g/mol. The lowest BCUT2D eigenvalue weighted by molar-refractivity contribution is -0.123. The molecule has 0 spiro atoms. The molecule has 0 saturated heterocycles. The minimum atomic E-state index is -4.38. The summed E-state index contributed by atoms with van der Waals surface area (Å²) in [4.78, 5) is 14.3. The van der Waals surface area contributed by atoms with E-state index in [2.05, 4.69) is 10.3 Å². The number of H-pyrrole nitrogens is 1. The lowest BCUT2D eigenvalue weighted by Crippen LogP contribution is -2.13. The van der Waals surface area contributed by atoms with Crippen molar-refractivity contribution in [2.24, 2.45) is 0 Å². The van der Waals surface area contributed by atoms with Crippen molar-refractivity contribution >= 4 is 28.0 Å². The lowest BCUT2D eigenvalue weighted by atomic mass is 9.87. The highest BCUT2D eigenvalue weighted by Gasteiger charge is 2.31. The van der Waals surface area contributed by atoms with Crippen molar-refractivity contribution in [3.8, 4) is 5.75 Å². The Kier molecular flexibility index (Phi) is 9.26. The number of nitrogens with one attached hydrogen (secondary N) is 2. The molecule has 7 heteroatoms. The van der Waals surface area contributed by atoms with Gasteiger partial charge in [-0.05, 0) is 88.9 Å². The molecule has 2 N–H and O–H groups in total. The van der Waals surface area contributed by atoms with Gasteiger partial charge in [0.05, 0.1) is 13.0 Å². The van der Waals surface area contributed by atoms with Crippen LogP contribution in [0.3, 0.4) is 0 Å². The van der Waals surface area contributed by atoms with Crippen molar-refractivity contribution in [2.45, 2.75) is 31.9 Å². The smallest absolute Gasteiger partial charge is 0.393 e. The van der Waals surface area contributed by atoms with Gasteiger partial charge in [0.2, 0.25) is 5.91 Å². The Morgan fingerprint density at radius 2 is 1.67 bits per heavy atom. The molecule has 0 saturated carbocycles. The predicted octanol–water partition coefficient (Wildman–Crippen LogP) is 7.93. The molecule has 0 bridgehead atoms. The van der Waals surface area contributed by atoms with E-state index in [1.807, 2.05) is 48.7 Å². The Hall–Kier alpha value is -4.26. The summed E-state index contributed by atoms with van der Waals surface area (Å²) in [5.41, 5.74) is 3.60. The van der Waals surface area contributed by atoms with Gasteiger partial charge >= 0.3 is 6.18 Å². The quantitative estimate of drug-likeness (QED) is 0.117. The van der Waals surface area contributed by atoms with Gasteiger partial charge in [0, 0.05) is 18.8 Å². The summed E-state index contributed by atoms with van der Waals surface area (Å²) in [6.45, 7) is 0.503. The van der Waals surface area contributed by atoms with E-state index in [9.17, 15) is 18.0 Å². The van der Waals surface area contributed by atoms with Crippen molar-refractivity contribution in [1.29, 1.82) is 0 Å². The third kappa shape index (κ3) is 7.87. The molecule has 0 aliphatic rings. The monoisotopic (exact) mass is 532 g/mol. The normalized spacial score (nSPS) is 12.5. The number of aromatic amines is 1. The van der Waals surface area contributed by atoms with Gasteiger partial charge in [0.1, 0.15) is 5.75 Å². The molecule has 0 aliphatic heterocycles. The van der Waals surface area contributed by atoms with Gasteiger partial charge in [-0.3, -0.25) is 4.79 Å². The maximum absolute atomic E-state index is 13.9. The van der Waals surface area contributed by atoms with E-state index in [4.69, 9.17) is 4.74 Å². The number of carbonyl (C=O) groups is 1. The third-order valence-corrected chi connectivity index (χ3v) is 6.34. The van der Waals surface area contributed by atoms with Crippen LogP contribution in [-0.4, -0.2) is 30.7 Å². The third-order valence-electron chi connectivity index (χ3n) is 6.34. The van der Waals surface area contributed by atoms with Crippen LogP contribution in [0.25, 0.3) is 22.0 Å². The van der Waals surface area contributed by atoms with Gasteiger partial charge in [-0.25, -0.2) is 0 Å². The number of carbonyl (C=O) groups excluding carboxylic acids is 1. The second-order valence-corrected chi connectivity index (χ2v) is 9.18. The first-order valence-corrected chi connectivity index (χ1v) is 12.9. The number of ether oxygens (including phenoxy) is 1. The summed E-state index contributed by atoms with van der Waals surface area (Å²) in [6.07, 6.45) is 2.19. The van der Waals surface area contributed by atoms with Crippen LogP contribution in [0.2, 0.25) is 0 Å². The summed E-state index contributed by atoms with van der Waals surface area (Å²) in [5.74, 6) is 0.524. The van der Waals surface area contributed by atoms with E-state index in [0.29, 0.717) is 34.6 Å². The summed E-state index contributed by atoms with van der Waals surface area (Å²) in [6, 6.07) is 23.6. The van der Waals surface area contributed by atoms with Crippen molar-refractivity contribution in [2.75, 3.05) is 13.7 Å². The van der Waals surface area contributed by atoms with Gasteiger partial charge in [0.25, 0.3) is 0 Å². The summed E-state index contributed by atoms with van der Waals surface area (Å²) in [7, 11) is 1.59. The number of hydrogen-bond acceptors (Lipinski definition) is 2. The number of unbranched alkanes of at least 4 members (excludes halogenated alkanes) is 2. The molecule has 1 aromatic heterocycles. The number of hydrogen-bond donors (Lipinski definition) is 2. The molecule has 0 atom stereocenters. The van der Waals surface area contributed by atoms with Gasteiger partial charge < -0.3 is 15.0 Å². The molecule has 4 aromatic rings. The minimum Gasteiger partial charge on any atom is -0.494 e. The van der Waals surface area contributed by atoms with Gasteiger partial charge in [-0.2, -0.15) is 13.2 Å². The number of benzene rings is 3. The zero-order chi connectivity index (χ0) is 27.7. The van der Waals surface area contributed by atoms with Gasteiger partial charge in [0.15, 0.2) is 0 Å². The van der Waals surface area contributed by atoms with Crippen molar-refractivity contribution in [3.63, 3.8) is 0 Å². The van der Waals surface area contributed by atoms with Crippen LogP contribution in [0.1, 0.15) is 42.4 Å². The zero-order valence-electron chi connectivity index (χ0n) is 21.7. The van der Waals surface area contributed by atoms with E-state index in [0.717, 1.165) is 30.2 Å². The van der Waals surface area contributed by atoms with Crippen molar-refractivity contribution in [1.82, 2.24) is 10.3 Å². The summed E-state index contributed by atoms with van der Waals surface area (Å²) >= 11 is 0. The highest BCUT2D eigenvalue weighted by atomic mass is 19.4. The van der Waals surface area contributed by atoms with Crippen molar-refractivity contribution in [3.05, 3.63) is 114 Å². The highest BCUT2D eigenvalue weighted by Crippen LogP contribution is 2.40. The van der Waals surface area contributed by atoms with Crippen molar-refractivity contribution < 1.29 is 22.7 Å². The standard InChI is InChI=1S/C32H31F3N2O2/c1-36-30(38)11-7-2-3-8-20-39-27-15-12-24(13-16-27)31(26-14-17-29-25(21-26)18-19-37-29)28(22-32(33,34)35)23-9-5-4-6-10-23/h4-7,9-19,21,37H,2-3,8,20,22H2,1H3,(H,36,38)/b11-7+,31-28+. The molecule has 0 aliphatic carbocycles. The number of likely N-dealkylation sites (N-methyl/N-ethyl adjacent to an activating group) is 1. The second kappa shape index (κ2) is 13.0. The first kappa shape index (κ1) is 27.8. The first-order valence-electron chi connectivity index (χ1n) is 12.9. The van der Waals surface area contributed by atoms with Crippen LogP contribution >= 0.6 is 0 Å². The van der Waals surface area contributed by atoms with Gasteiger partial charge in [-0.1, -0.05) is 54.6 Å². The number of alkyl halides is 3. The Balaban J connectivity index is 1.61. The van der Waals surface area contributed by atoms with Crippen LogP contribution in [0.4, 0.5) is 13.2 Å². The summed E-state index contributed by atoms with van der Waals surface area (Å²) < 4.78 is 47.5. The molecule has 0 unspecified atom stereocenters. The van der Waals surface area contributed by atoms with Crippen LogP contribution in [0.15, 0.2) is 97.2 Å². The lowest BCUT2D eigenvalue weighted by Gasteiger charge is -2.19. The largest absolute Gasteiger partial charge is 0.494 e. The Bertz CT molecular complexity index is 1440. The molecule has 0 radical (unpaired) electrons. The molecule has 202 valence electrons. The fourth-order valence-electron chi connectivity index (χ4n) is 4.44. The Labute approximate surface area is 226 Å². The van der Waals surface area contributed by atoms with E-state index in [1.54, 1.807) is 49.5 Å². The molecule has 4 nitrogen and oxygen atoms in total. The predicted molar refractivity (Wildman–Crippen MR) is 150 cm³/mol. The average Bonchev–Trinajstić information content (AvgIpc) is 3.41. The fourth-order valence-corrected chi connectivity index (χ4v) is 4.44. The molecular formula is C32H31F3N2O2. The number of aromatic nitrogens is 1. The molecule has 1 amide bonds. The van der Waals surface area contributed by atoms with Gasteiger partial charge in [-0.15, -0.1) is 0 Å². The molecule has 39 heavy (non-hydrogen) atoms. The zero-order valence-corrected chi connectivity index (χ0v) is 21.7. The number of amides is 1. The molecule has 1 heterocycles.